The molecular weight excluding hydrogens is 306 g/mol. The fourth-order valence-corrected chi connectivity index (χ4v) is 3.05. The Morgan fingerprint density at radius 1 is 1.08 bits per heavy atom. The molecule has 2 aliphatic rings. The first-order chi connectivity index (χ1) is 11.8. The lowest BCUT2D eigenvalue weighted by molar-refractivity contribution is -0.128. The van der Waals surface area contributed by atoms with Gasteiger partial charge >= 0.3 is 0 Å². The lowest BCUT2D eigenvalue weighted by atomic mass is 10.3. The van der Waals surface area contributed by atoms with Crippen LogP contribution in [0, 0.1) is 0 Å². The summed E-state index contributed by atoms with van der Waals surface area (Å²) in [5, 5.41) is 6.54. The van der Waals surface area contributed by atoms with Crippen molar-refractivity contribution >= 4 is 11.9 Å². The van der Waals surface area contributed by atoms with Crippen LogP contribution in [-0.4, -0.2) is 87.2 Å². The van der Waals surface area contributed by atoms with Crippen molar-refractivity contribution in [2.45, 2.75) is 32.6 Å². The second-order valence-corrected chi connectivity index (χ2v) is 6.37. The minimum Gasteiger partial charge on any atom is -0.379 e. The third-order valence-electron chi connectivity index (χ3n) is 4.47. The zero-order valence-corrected chi connectivity index (χ0v) is 15.1. The summed E-state index contributed by atoms with van der Waals surface area (Å²) in [6.45, 7) is 10.7. The highest BCUT2D eigenvalue weighted by molar-refractivity contribution is 5.85. The quantitative estimate of drug-likeness (QED) is 0.378. The van der Waals surface area contributed by atoms with Gasteiger partial charge in [-0.1, -0.05) is 0 Å². The summed E-state index contributed by atoms with van der Waals surface area (Å²) in [6.07, 6.45) is 4.51. The number of aliphatic imine (C=N–C) groups is 1. The van der Waals surface area contributed by atoms with Gasteiger partial charge in [-0.15, -0.1) is 0 Å². The maximum absolute atomic E-state index is 12.1. The van der Waals surface area contributed by atoms with Gasteiger partial charge in [0.1, 0.15) is 6.54 Å². The molecule has 0 spiro atoms. The maximum atomic E-state index is 12.1. The van der Waals surface area contributed by atoms with Gasteiger partial charge in [-0.3, -0.25) is 9.69 Å². The van der Waals surface area contributed by atoms with E-state index in [2.05, 4.69) is 20.5 Å². The van der Waals surface area contributed by atoms with E-state index in [4.69, 9.17) is 4.74 Å². The van der Waals surface area contributed by atoms with Gasteiger partial charge in [0, 0.05) is 39.3 Å². The highest BCUT2D eigenvalue weighted by Crippen LogP contribution is 2.07. The summed E-state index contributed by atoms with van der Waals surface area (Å²) < 4.78 is 5.36. The molecule has 0 unspecified atom stereocenters. The van der Waals surface area contributed by atoms with E-state index in [-0.39, 0.29) is 12.5 Å². The molecule has 24 heavy (non-hydrogen) atoms. The van der Waals surface area contributed by atoms with Crippen molar-refractivity contribution in [1.82, 2.24) is 20.4 Å². The lowest BCUT2D eigenvalue weighted by Crippen LogP contribution is -2.40. The molecule has 0 saturated carbocycles. The number of likely N-dealkylation sites (tertiary alicyclic amines) is 1. The number of nitrogens with zero attached hydrogens (tertiary/aromatic N) is 3. The summed E-state index contributed by atoms with van der Waals surface area (Å²) in [5.41, 5.74) is 0. The number of nitrogens with one attached hydrogen (secondary N) is 2. The number of rotatable bonds is 8. The van der Waals surface area contributed by atoms with E-state index in [1.54, 1.807) is 0 Å². The summed E-state index contributed by atoms with van der Waals surface area (Å²) in [5.74, 6) is 0.883. The van der Waals surface area contributed by atoms with Crippen LogP contribution in [0.5, 0.6) is 0 Å². The standard InChI is InChI=1S/C17H33N5O2/c1-2-18-17(20-15-16(23)22-9-5-6-10-22)19-7-3-4-8-21-11-13-24-14-12-21/h2-15H2,1H3,(H2,18,19,20). The lowest BCUT2D eigenvalue weighted by Gasteiger charge is -2.26. The van der Waals surface area contributed by atoms with Gasteiger partial charge in [0.2, 0.25) is 5.91 Å². The molecule has 0 atom stereocenters. The summed E-state index contributed by atoms with van der Waals surface area (Å²) >= 11 is 0. The van der Waals surface area contributed by atoms with Crippen LogP contribution in [0.3, 0.4) is 0 Å². The average Bonchev–Trinajstić information content (AvgIpc) is 3.14. The van der Waals surface area contributed by atoms with Crippen molar-refractivity contribution in [3.8, 4) is 0 Å². The number of carbonyl (C=O) groups is 1. The van der Waals surface area contributed by atoms with Gasteiger partial charge in [0.25, 0.3) is 0 Å². The van der Waals surface area contributed by atoms with Crippen molar-refractivity contribution in [1.29, 1.82) is 0 Å². The number of hydrogen-bond donors (Lipinski definition) is 2. The first kappa shape index (κ1) is 19.0. The average molecular weight is 339 g/mol. The highest BCUT2D eigenvalue weighted by atomic mass is 16.5. The van der Waals surface area contributed by atoms with E-state index in [0.29, 0.717) is 0 Å². The number of guanidine groups is 1. The van der Waals surface area contributed by atoms with Crippen molar-refractivity contribution in [3.05, 3.63) is 0 Å². The fraction of sp³-hybridized carbons (Fsp3) is 0.882. The molecule has 7 nitrogen and oxygen atoms in total. The van der Waals surface area contributed by atoms with Gasteiger partial charge in [0.15, 0.2) is 5.96 Å². The van der Waals surface area contributed by atoms with Gasteiger partial charge in [0.05, 0.1) is 13.2 Å². The number of amides is 1. The molecule has 0 aromatic heterocycles. The molecule has 2 fully saturated rings. The van der Waals surface area contributed by atoms with Crippen molar-refractivity contribution in [3.63, 3.8) is 0 Å². The van der Waals surface area contributed by atoms with Crippen molar-refractivity contribution in [2.75, 3.05) is 65.6 Å². The minimum atomic E-state index is 0.136. The second kappa shape index (κ2) is 11.3. The molecule has 2 saturated heterocycles. The van der Waals surface area contributed by atoms with Crippen molar-refractivity contribution < 1.29 is 9.53 Å². The summed E-state index contributed by atoms with van der Waals surface area (Å²) in [4.78, 5) is 20.8. The van der Waals surface area contributed by atoms with Crippen LogP contribution in [0.1, 0.15) is 32.6 Å². The Morgan fingerprint density at radius 3 is 2.54 bits per heavy atom. The Labute approximate surface area is 145 Å². The zero-order chi connectivity index (χ0) is 17.0. The predicted molar refractivity (Wildman–Crippen MR) is 96.3 cm³/mol. The molecular formula is C17H33N5O2. The van der Waals surface area contributed by atoms with Crippen LogP contribution in [0.25, 0.3) is 0 Å². The molecule has 0 aromatic rings. The molecule has 1 amide bonds. The normalized spacial score (nSPS) is 19.5. The van der Waals surface area contributed by atoms with E-state index in [1.165, 1.54) is 6.42 Å². The SMILES string of the molecule is CCNC(=NCC(=O)N1CCCC1)NCCCCN1CCOCC1. The number of morpholine rings is 1. The first-order valence-electron chi connectivity index (χ1n) is 9.39. The molecule has 138 valence electrons. The van der Waals surface area contributed by atoms with E-state index in [0.717, 1.165) is 84.2 Å². The molecule has 2 heterocycles. The zero-order valence-electron chi connectivity index (χ0n) is 15.1. The van der Waals surface area contributed by atoms with Gasteiger partial charge in [-0.2, -0.15) is 0 Å². The Kier molecular flexibility index (Phi) is 8.91. The highest BCUT2D eigenvalue weighted by Gasteiger charge is 2.17. The molecule has 2 rings (SSSR count). The molecule has 0 aliphatic carbocycles. The van der Waals surface area contributed by atoms with Crippen LogP contribution >= 0.6 is 0 Å². The van der Waals surface area contributed by atoms with Gasteiger partial charge in [-0.05, 0) is 39.2 Å². The number of unbranched alkanes of at least 4 members (excludes halogenated alkanes) is 1. The van der Waals surface area contributed by atoms with Gasteiger partial charge < -0.3 is 20.3 Å². The monoisotopic (exact) mass is 339 g/mol. The number of carbonyl (C=O) groups excluding carboxylic acids is 1. The maximum Gasteiger partial charge on any atom is 0.244 e. The van der Waals surface area contributed by atoms with E-state index < -0.39 is 0 Å². The topological polar surface area (TPSA) is 69.2 Å². The Balaban J connectivity index is 1.60. The van der Waals surface area contributed by atoms with Crippen molar-refractivity contribution in [2.24, 2.45) is 4.99 Å². The predicted octanol–water partition coefficient (Wildman–Crippen LogP) is 0.276. The third kappa shape index (κ3) is 7.05. The molecule has 2 aliphatic heterocycles. The molecule has 2 N–H and O–H groups in total. The summed E-state index contributed by atoms with van der Waals surface area (Å²) in [7, 11) is 0. The molecule has 7 heteroatoms. The van der Waals surface area contributed by atoms with Crippen LogP contribution in [-0.2, 0) is 9.53 Å². The second-order valence-electron chi connectivity index (χ2n) is 6.37. The Hall–Kier alpha value is -1.34. The first-order valence-corrected chi connectivity index (χ1v) is 9.39. The Morgan fingerprint density at radius 2 is 1.83 bits per heavy atom. The Bertz CT molecular complexity index is 390. The molecule has 0 bridgehead atoms. The number of hydrogen-bond acceptors (Lipinski definition) is 4. The third-order valence-corrected chi connectivity index (χ3v) is 4.47. The van der Waals surface area contributed by atoms with E-state index >= 15 is 0 Å². The molecule has 0 aromatic carbocycles. The fourth-order valence-electron chi connectivity index (χ4n) is 3.05. The summed E-state index contributed by atoms with van der Waals surface area (Å²) in [6, 6.07) is 0. The minimum absolute atomic E-state index is 0.136. The van der Waals surface area contributed by atoms with Crippen LogP contribution in [0.2, 0.25) is 0 Å². The van der Waals surface area contributed by atoms with Crippen LogP contribution in [0.4, 0.5) is 0 Å². The van der Waals surface area contributed by atoms with Crippen LogP contribution in [0.15, 0.2) is 4.99 Å². The van der Waals surface area contributed by atoms with E-state index in [9.17, 15) is 4.79 Å². The van der Waals surface area contributed by atoms with Crippen LogP contribution < -0.4 is 10.6 Å². The number of ether oxygens (including phenoxy) is 1. The molecule has 0 radical (unpaired) electrons. The van der Waals surface area contributed by atoms with E-state index in [1.807, 2.05) is 11.8 Å². The largest absolute Gasteiger partial charge is 0.379 e. The smallest absolute Gasteiger partial charge is 0.244 e. The van der Waals surface area contributed by atoms with Gasteiger partial charge in [-0.25, -0.2) is 4.99 Å².